The van der Waals surface area contributed by atoms with Crippen LogP contribution >= 0.6 is 0 Å². The lowest BCUT2D eigenvalue weighted by Gasteiger charge is -2.39. The summed E-state index contributed by atoms with van der Waals surface area (Å²) >= 11 is 0. The fraction of sp³-hybridized carbons (Fsp3) is 0.500. The smallest absolute Gasteiger partial charge is 0.330 e. The molecule has 0 spiro atoms. The number of hydrogen-bond acceptors (Lipinski definition) is 16. The van der Waals surface area contributed by atoms with Crippen molar-refractivity contribution in [2.24, 2.45) is 0 Å². The van der Waals surface area contributed by atoms with Crippen molar-refractivity contribution in [2.75, 3.05) is 85.1 Å². The average molecular weight is 923 g/mol. The number of aromatic nitrogens is 4. The van der Waals surface area contributed by atoms with Crippen molar-refractivity contribution in [3.8, 4) is 23.0 Å². The first-order chi connectivity index (χ1) is 32.0. The monoisotopic (exact) mass is 922 g/mol. The van der Waals surface area contributed by atoms with Crippen LogP contribution in [-0.2, 0) is 13.1 Å². The molecular formula is C44H56F2N10O10. The maximum absolute atomic E-state index is 15.2. The molecule has 2 aromatic heterocycles. The van der Waals surface area contributed by atoms with E-state index in [0.717, 1.165) is 51.4 Å². The van der Waals surface area contributed by atoms with Crippen molar-refractivity contribution in [3.05, 3.63) is 59.4 Å². The summed E-state index contributed by atoms with van der Waals surface area (Å²) in [6, 6.07) is 3.59. The average Bonchev–Trinajstić information content (AvgIpc) is 4.09. The van der Waals surface area contributed by atoms with Crippen LogP contribution in [0.4, 0.5) is 53.3 Å². The molecule has 356 valence electrons. The molecule has 2 aromatic carbocycles. The van der Waals surface area contributed by atoms with Crippen LogP contribution in [-0.4, -0.2) is 131 Å². The molecule has 4 aliphatic rings. The Kier molecular flexibility index (Phi) is 15.4. The molecule has 4 amide bonds. The van der Waals surface area contributed by atoms with Crippen LogP contribution in [0, 0.1) is 11.6 Å². The highest BCUT2D eigenvalue weighted by Crippen LogP contribution is 2.42. The number of fused-ring (bicyclic) bond motifs is 2. The first-order valence-electron chi connectivity index (χ1n) is 21.7. The maximum atomic E-state index is 15.2. The van der Waals surface area contributed by atoms with Gasteiger partial charge in [-0.05, 0) is 25.7 Å². The number of halogens is 2. The quantitative estimate of drug-likeness (QED) is 0.0902. The van der Waals surface area contributed by atoms with Gasteiger partial charge in [0.2, 0.25) is 11.9 Å². The van der Waals surface area contributed by atoms with Crippen molar-refractivity contribution in [1.82, 2.24) is 19.9 Å². The van der Waals surface area contributed by atoms with Gasteiger partial charge in [-0.15, -0.1) is 0 Å². The van der Waals surface area contributed by atoms with E-state index in [0.29, 0.717) is 34.3 Å². The Morgan fingerprint density at radius 2 is 0.970 bits per heavy atom. The number of aliphatic hydroxyl groups is 4. The Morgan fingerprint density at radius 3 is 1.29 bits per heavy atom. The Balaban J connectivity index is 0.000000196. The summed E-state index contributed by atoms with van der Waals surface area (Å²) in [6.45, 7) is -1.07. The number of nitrogens with zero attached hydrogens (tertiary/aromatic N) is 8. The van der Waals surface area contributed by atoms with Crippen LogP contribution in [0.5, 0.6) is 23.0 Å². The van der Waals surface area contributed by atoms with Crippen LogP contribution in [0.3, 0.4) is 0 Å². The largest absolute Gasteiger partial charge is 0.497 e. The van der Waals surface area contributed by atoms with E-state index < -0.39 is 35.8 Å². The van der Waals surface area contributed by atoms with E-state index in [1.54, 1.807) is 22.2 Å². The molecule has 20 nitrogen and oxygen atoms in total. The molecule has 8 rings (SSSR count). The van der Waals surface area contributed by atoms with Crippen molar-refractivity contribution < 1.29 is 57.7 Å². The normalized spacial score (nSPS) is 16.4. The highest BCUT2D eigenvalue weighted by molar-refractivity contribution is 6.07. The summed E-state index contributed by atoms with van der Waals surface area (Å²) in [4.78, 5) is 51.0. The minimum atomic E-state index is -0.658. The Hall–Kier alpha value is -6.36. The van der Waals surface area contributed by atoms with Gasteiger partial charge in [-0.25, -0.2) is 28.3 Å². The summed E-state index contributed by atoms with van der Waals surface area (Å²) in [5.74, 6) is 0.657. The van der Waals surface area contributed by atoms with Gasteiger partial charge in [0.25, 0.3) is 0 Å². The molecule has 66 heavy (non-hydrogen) atoms. The molecule has 6 N–H and O–H groups in total. The second kappa shape index (κ2) is 21.3. The van der Waals surface area contributed by atoms with Gasteiger partial charge < -0.3 is 50.0 Å². The molecule has 0 unspecified atom stereocenters. The van der Waals surface area contributed by atoms with Crippen molar-refractivity contribution >= 4 is 47.0 Å². The van der Waals surface area contributed by atoms with Crippen LogP contribution in [0.2, 0.25) is 0 Å². The molecule has 4 heterocycles. The van der Waals surface area contributed by atoms with Gasteiger partial charge in [0.15, 0.2) is 23.1 Å². The van der Waals surface area contributed by atoms with Crippen LogP contribution in [0.25, 0.3) is 0 Å². The lowest BCUT2D eigenvalue weighted by Crippen LogP contribution is -2.52. The Morgan fingerprint density at radius 1 is 0.606 bits per heavy atom. The predicted octanol–water partition coefficient (Wildman–Crippen LogP) is 4.57. The summed E-state index contributed by atoms with van der Waals surface area (Å²) < 4.78 is 51.3. The van der Waals surface area contributed by atoms with E-state index in [1.165, 1.54) is 62.5 Å². The Bertz CT molecular complexity index is 2190. The zero-order valence-electron chi connectivity index (χ0n) is 37.2. The van der Waals surface area contributed by atoms with Crippen LogP contribution in [0.1, 0.15) is 62.5 Å². The van der Waals surface area contributed by atoms with Crippen molar-refractivity contribution in [2.45, 2.75) is 88.6 Å². The molecule has 22 heteroatoms. The SMILES string of the molecule is COc1cc(OC)c(F)c(N2Cc3cnc(NC(CO)CO)nc3N(C3CCCC3)C2=O)c1.COc1cc(OC)c(F)c(N2Cc3cnc(NC(CO)CO)nc3N(C3CCCC3)C2=O)c1. The number of benzene rings is 2. The first-order valence-corrected chi connectivity index (χ1v) is 21.7. The van der Waals surface area contributed by atoms with E-state index in [4.69, 9.17) is 18.9 Å². The number of hydrogen-bond donors (Lipinski definition) is 6. The minimum absolute atomic E-state index is 0.0230. The molecular weight excluding hydrogens is 867 g/mol. The van der Waals surface area contributed by atoms with E-state index >= 15 is 8.78 Å². The molecule has 2 fully saturated rings. The number of rotatable bonds is 16. The van der Waals surface area contributed by atoms with Gasteiger partial charge in [-0.1, -0.05) is 25.7 Å². The number of anilines is 6. The molecule has 0 atom stereocenters. The number of carbonyl (C=O) groups is 2. The summed E-state index contributed by atoms with van der Waals surface area (Å²) in [7, 11) is 5.63. The fourth-order valence-electron chi connectivity index (χ4n) is 8.56. The first kappa shape index (κ1) is 47.6. The van der Waals surface area contributed by atoms with E-state index in [9.17, 15) is 30.0 Å². The number of ether oxygens (including phenoxy) is 4. The zero-order chi connectivity index (χ0) is 47.1. The van der Waals surface area contributed by atoms with Gasteiger partial charge >= 0.3 is 12.1 Å². The van der Waals surface area contributed by atoms with E-state index in [-0.39, 0.29) is 86.4 Å². The number of urea groups is 2. The molecule has 0 radical (unpaired) electrons. The molecule has 2 aliphatic heterocycles. The van der Waals surface area contributed by atoms with Crippen LogP contribution in [0.15, 0.2) is 36.7 Å². The third kappa shape index (κ3) is 9.76. The second-order valence-corrected chi connectivity index (χ2v) is 16.2. The molecule has 2 saturated carbocycles. The minimum Gasteiger partial charge on any atom is -0.497 e. The Labute approximate surface area is 380 Å². The number of amides is 4. The summed E-state index contributed by atoms with van der Waals surface area (Å²) in [6.07, 6.45) is 10.3. The molecule has 0 saturated heterocycles. The third-order valence-electron chi connectivity index (χ3n) is 12.1. The summed E-state index contributed by atoms with van der Waals surface area (Å²) in [5.41, 5.74) is 1.40. The summed E-state index contributed by atoms with van der Waals surface area (Å²) in [5, 5.41) is 43.2. The van der Waals surface area contributed by atoms with E-state index in [2.05, 4.69) is 30.6 Å². The zero-order valence-corrected chi connectivity index (χ0v) is 37.2. The van der Waals surface area contributed by atoms with Gasteiger partial charge in [0.05, 0.1) is 91.4 Å². The molecule has 0 bridgehead atoms. The van der Waals surface area contributed by atoms with Gasteiger partial charge in [0, 0.05) is 59.9 Å². The predicted molar refractivity (Wildman–Crippen MR) is 239 cm³/mol. The highest BCUT2D eigenvalue weighted by atomic mass is 19.1. The highest BCUT2D eigenvalue weighted by Gasteiger charge is 2.42. The standard InChI is InChI=1S/2C22H28FN5O5/c2*1-32-16-7-17(19(23)18(8-16)33-2)27-10-13-9-24-21(25-14(11-29)12-30)26-20(13)28(22(27)31)15-5-3-4-6-15/h2*7-9,14-15,29-30H,3-6,10-12H2,1-2H3,(H,24,25,26). The van der Waals surface area contributed by atoms with Crippen LogP contribution < -0.4 is 49.2 Å². The van der Waals surface area contributed by atoms with Gasteiger partial charge in [0.1, 0.15) is 23.1 Å². The molecule has 4 aromatic rings. The number of methoxy groups -OCH3 is 4. The number of carbonyl (C=O) groups excluding carboxylic acids is 2. The molecule has 2 aliphatic carbocycles. The van der Waals surface area contributed by atoms with Crippen molar-refractivity contribution in [1.29, 1.82) is 0 Å². The maximum Gasteiger partial charge on any atom is 0.330 e. The lowest BCUT2D eigenvalue weighted by atomic mass is 10.1. The fourth-order valence-corrected chi connectivity index (χ4v) is 8.56. The van der Waals surface area contributed by atoms with E-state index in [1.807, 2.05) is 0 Å². The van der Waals surface area contributed by atoms with Crippen molar-refractivity contribution in [3.63, 3.8) is 0 Å². The lowest BCUT2D eigenvalue weighted by molar-refractivity contribution is 0.203. The third-order valence-corrected chi connectivity index (χ3v) is 12.1. The topological polar surface area (TPSA) is 241 Å². The number of aliphatic hydroxyl groups excluding tert-OH is 4. The number of nitrogens with one attached hydrogen (secondary N) is 2. The van der Waals surface area contributed by atoms with Gasteiger partial charge in [-0.2, -0.15) is 9.97 Å². The van der Waals surface area contributed by atoms with Gasteiger partial charge in [-0.3, -0.25) is 19.6 Å². The second-order valence-electron chi connectivity index (χ2n) is 16.2.